The first kappa shape index (κ1) is 34.2. The quantitative estimate of drug-likeness (QED) is 0.261. The van der Waals surface area contributed by atoms with Crippen LogP contribution in [0.3, 0.4) is 0 Å². The Morgan fingerprint density at radius 3 is 2.56 bits per heavy atom. The van der Waals surface area contributed by atoms with Crippen LogP contribution in [0.4, 0.5) is 0 Å². The molecular formula is C34H51IN2O6. The molecule has 6 unspecified atom stereocenters. The molecule has 9 heteroatoms. The van der Waals surface area contributed by atoms with Crippen LogP contribution < -0.4 is 10.1 Å². The van der Waals surface area contributed by atoms with Crippen LogP contribution in [0.25, 0.3) is 0 Å². The molecule has 0 radical (unpaired) electrons. The molecule has 0 aromatic heterocycles. The highest BCUT2D eigenvalue weighted by Crippen LogP contribution is 2.36. The fraction of sp³-hybridized carbons (Fsp3) is 0.706. The van der Waals surface area contributed by atoms with Gasteiger partial charge in [-0.25, -0.2) is 0 Å². The highest BCUT2D eigenvalue weighted by molar-refractivity contribution is 14.1. The molecule has 6 atom stereocenters. The summed E-state index contributed by atoms with van der Waals surface area (Å²) in [6.07, 6.45) is 8.89. The van der Waals surface area contributed by atoms with Crippen LogP contribution in [-0.2, 0) is 14.3 Å². The number of aliphatic hydroxyl groups excluding tert-OH is 2. The minimum atomic E-state index is -1.03. The summed E-state index contributed by atoms with van der Waals surface area (Å²) in [6, 6.07) is 6.91. The average molecular weight is 711 g/mol. The van der Waals surface area contributed by atoms with E-state index in [4.69, 9.17) is 9.47 Å². The lowest BCUT2D eigenvalue weighted by Gasteiger charge is -2.43. The van der Waals surface area contributed by atoms with E-state index in [9.17, 15) is 19.8 Å². The fourth-order valence-electron chi connectivity index (χ4n) is 7.10. The maximum Gasteiger partial charge on any atom is 0.248 e. The predicted octanol–water partition coefficient (Wildman–Crippen LogP) is 5.09. The van der Waals surface area contributed by atoms with Crippen molar-refractivity contribution >= 4 is 34.4 Å². The van der Waals surface area contributed by atoms with Crippen molar-refractivity contribution in [3.8, 4) is 5.75 Å². The van der Waals surface area contributed by atoms with Crippen molar-refractivity contribution in [2.75, 3.05) is 26.3 Å². The molecule has 2 fully saturated rings. The van der Waals surface area contributed by atoms with E-state index in [1.807, 2.05) is 24.3 Å². The topological polar surface area (TPSA) is 108 Å². The molecule has 3 aliphatic carbocycles. The largest absolute Gasteiger partial charge is 0.482 e. The summed E-state index contributed by atoms with van der Waals surface area (Å²) >= 11 is 2.19. The van der Waals surface area contributed by atoms with Crippen molar-refractivity contribution in [3.05, 3.63) is 39.5 Å². The van der Waals surface area contributed by atoms with Gasteiger partial charge in [0.05, 0.1) is 22.3 Å². The van der Waals surface area contributed by atoms with E-state index in [0.29, 0.717) is 41.5 Å². The number of hydrogen-bond donors (Lipinski definition) is 3. The molecule has 2 amide bonds. The summed E-state index contributed by atoms with van der Waals surface area (Å²) in [5.74, 6) is 1.97. The number of nitrogens with zero attached hydrogens (tertiary/aromatic N) is 1. The van der Waals surface area contributed by atoms with E-state index in [1.54, 1.807) is 11.0 Å². The zero-order chi connectivity index (χ0) is 30.9. The zero-order valence-corrected chi connectivity index (χ0v) is 28.2. The van der Waals surface area contributed by atoms with Crippen LogP contribution in [0, 0.1) is 27.2 Å². The minimum Gasteiger partial charge on any atom is -0.482 e. The highest BCUT2D eigenvalue weighted by Gasteiger charge is 2.42. The number of nitrogens with one attached hydrogen (secondary N) is 1. The van der Waals surface area contributed by atoms with Gasteiger partial charge in [0.2, 0.25) is 11.8 Å². The van der Waals surface area contributed by atoms with Crippen molar-refractivity contribution in [2.45, 2.75) is 103 Å². The van der Waals surface area contributed by atoms with E-state index in [-0.39, 0.29) is 44.1 Å². The number of amides is 2. The van der Waals surface area contributed by atoms with E-state index in [0.717, 1.165) is 42.1 Å². The average Bonchev–Trinajstić information content (AvgIpc) is 3.00. The summed E-state index contributed by atoms with van der Waals surface area (Å²) in [7, 11) is 0. The van der Waals surface area contributed by atoms with Gasteiger partial charge in [0.15, 0.2) is 0 Å². The lowest BCUT2D eigenvalue weighted by atomic mass is 9.75. The molecule has 1 aromatic carbocycles. The Kier molecular flexibility index (Phi) is 13.2. The Morgan fingerprint density at radius 2 is 1.86 bits per heavy atom. The van der Waals surface area contributed by atoms with E-state index >= 15 is 0 Å². The van der Waals surface area contributed by atoms with Gasteiger partial charge in [-0.3, -0.25) is 9.59 Å². The molecule has 240 valence electrons. The number of carbonyl (C=O) groups is 2. The molecule has 3 N–H and O–H groups in total. The maximum atomic E-state index is 14.1. The molecule has 8 nitrogen and oxygen atoms in total. The standard InChI is InChI=1S/C34H51IN2O6/c1-22(2)26-14-13-23(3)17-30(26)42-21-32(39)37(20-24-9-5-4-6-10-24)28-18-25(34(41)36-15-16-38)19-31(33(28)40)43-29-12-8-7-11-27(29)35/h7-8,11-12,19,22-24,26,28,30-31,33,38,40H,4-6,9-10,13-18,20-21H2,1-3H3,(H,36,41). The second-order valence-corrected chi connectivity index (χ2v) is 14.3. The third-order valence-corrected chi connectivity index (χ3v) is 10.5. The van der Waals surface area contributed by atoms with Crippen LogP contribution >= 0.6 is 22.6 Å². The number of para-hydroxylation sites is 1. The molecule has 0 aliphatic heterocycles. The van der Waals surface area contributed by atoms with Gasteiger partial charge in [0.1, 0.15) is 24.6 Å². The van der Waals surface area contributed by atoms with Crippen molar-refractivity contribution in [2.24, 2.45) is 23.7 Å². The van der Waals surface area contributed by atoms with Crippen LogP contribution in [0.1, 0.15) is 78.6 Å². The predicted molar refractivity (Wildman–Crippen MR) is 176 cm³/mol. The van der Waals surface area contributed by atoms with Gasteiger partial charge in [-0.1, -0.05) is 58.6 Å². The van der Waals surface area contributed by atoms with Crippen molar-refractivity contribution in [1.82, 2.24) is 10.2 Å². The molecule has 43 heavy (non-hydrogen) atoms. The number of aliphatic hydroxyl groups is 2. The molecule has 0 spiro atoms. The lowest BCUT2D eigenvalue weighted by Crippen LogP contribution is -2.57. The number of hydrogen-bond acceptors (Lipinski definition) is 6. The van der Waals surface area contributed by atoms with Crippen molar-refractivity contribution in [3.63, 3.8) is 0 Å². The molecule has 1 aromatic rings. The minimum absolute atomic E-state index is 0.0333. The second-order valence-electron chi connectivity index (χ2n) is 13.2. The highest BCUT2D eigenvalue weighted by atomic mass is 127. The summed E-state index contributed by atoms with van der Waals surface area (Å²) in [5.41, 5.74) is 0.447. The molecule has 0 heterocycles. The van der Waals surface area contributed by atoms with Gasteiger partial charge in [0, 0.05) is 25.1 Å². The van der Waals surface area contributed by atoms with Gasteiger partial charge in [-0.2, -0.15) is 0 Å². The first-order valence-electron chi connectivity index (χ1n) is 16.3. The molecule has 4 rings (SSSR count). The zero-order valence-electron chi connectivity index (χ0n) is 26.1. The number of rotatable bonds is 12. The second kappa shape index (κ2) is 16.6. The number of benzene rings is 1. The monoisotopic (exact) mass is 710 g/mol. The SMILES string of the molecule is CC1CCC(C(C)C)C(OCC(=O)N(CC2CCCCC2)C2CC(C(=O)NCCO)=CC(Oc3ccccc3I)C2O)C1. The molecule has 2 saturated carbocycles. The summed E-state index contributed by atoms with van der Waals surface area (Å²) in [5, 5.41) is 23.8. The normalized spacial score (nSPS) is 28.3. The Hall–Kier alpha value is -1.69. The van der Waals surface area contributed by atoms with E-state index in [1.165, 1.54) is 12.8 Å². The Morgan fingerprint density at radius 1 is 1.12 bits per heavy atom. The smallest absolute Gasteiger partial charge is 0.248 e. The molecule has 3 aliphatic rings. The first-order valence-corrected chi connectivity index (χ1v) is 17.4. The number of ether oxygens (including phenoxy) is 2. The maximum absolute atomic E-state index is 14.1. The van der Waals surface area contributed by atoms with Crippen LogP contribution in [0.2, 0.25) is 0 Å². The third kappa shape index (κ3) is 9.41. The Bertz CT molecular complexity index is 1090. The Balaban J connectivity index is 1.59. The van der Waals surface area contributed by atoms with Crippen molar-refractivity contribution in [1.29, 1.82) is 0 Å². The van der Waals surface area contributed by atoms with Gasteiger partial charge in [0.25, 0.3) is 0 Å². The van der Waals surface area contributed by atoms with Gasteiger partial charge >= 0.3 is 0 Å². The van der Waals surface area contributed by atoms with Crippen LogP contribution in [0.15, 0.2) is 35.9 Å². The van der Waals surface area contributed by atoms with Gasteiger partial charge in [-0.15, -0.1) is 0 Å². The third-order valence-electron chi connectivity index (χ3n) is 9.60. The van der Waals surface area contributed by atoms with Gasteiger partial charge < -0.3 is 29.9 Å². The van der Waals surface area contributed by atoms with Crippen LogP contribution in [-0.4, -0.2) is 77.6 Å². The molecule has 0 saturated heterocycles. The summed E-state index contributed by atoms with van der Waals surface area (Å²) in [6.45, 7) is 7.17. The van der Waals surface area contributed by atoms with E-state index in [2.05, 4.69) is 48.7 Å². The number of halogens is 1. The van der Waals surface area contributed by atoms with Crippen molar-refractivity contribution < 1.29 is 29.3 Å². The van der Waals surface area contributed by atoms with Crippen LogP contribution in [0.5, 0.6) is 5.75 Å². The van der Waals surface area contributed by atoms with E-state index < -0.39 is 18.2 Å². The fourth-order valence-corrected chi connectivity index (χ4v) is 7.62. The Labute approximate surface area is 271 Å². The lowest BCUT2D eigenvalue weighted by molar-refractivity contribution is -0.149. The first-order chi connectivity index (χ1) is 20.7. The molecule has 0 bridgehead atoms. The van der Waals surface area contributed by atoms with Gasteiger partial charge in [-0.05, 0) is 90.2 Å². The summed E-state index contributed by atoms with van der Waals surface area (Å²) < 4.78 is 13.6. The summed E-state index contributed by atoms with van der Waals surface area (Å²) in [4.78, 5) is 29.1. The number of carbonyl (C=O) groups excluding carboxylic acids is 2. The molecular weight excluding hydrogens is 659 g/mol.